The second kappa shape index (κ2) is 5.31. The van der Waals surface area contributed by atoms with Crippen LogP contribution < -0.4 is 0 Å². The molecule has 0 radical (unpaired) electrons. The van der Waals surface area contributed by atoms with E-state index in [1.54, 1.807) is 6.92 Å². The lowest BCUT2D eigenvalue weighted by atomic mass is 10.2. The van der Waals surface area contributed by atoms with E-state index >= 15 is 0 Å². The summed E-state index contributed by atoms with van der Waals surface area (Å²) in [4.78, 5) is 15.7. The third kappa shape index (κ3) is 3.06. The molecule has 5 heteroatoms. The minimum absolute atomic E-state index is 0.172. The molecule has 0 bridgehead atoms. The van der Waals surface area contributed by atoms with Crippen LogP contribution in [0.3, 0.4) is 0 Å². The minimum Gasteiger partial charge on any atom is -0.455 e. The Bertz CT molecular complexity index is 522. The number of hydrogen-bond acceptors (Lipinski definition) is 4. The molecule has 0 spiro atoms. The molecule has 0 aliphatic heterocycles. The molecule has 2 rings (SSSR count). The number of aryl methyl sites for hydroxylation is 1. The van der Waals surface area contributed by atoms with Crippen molar-refractivity contribution in [3.63, 3.8) is 0 Å². The van der Waals surface area contributed by atoms with E-state index < -0.39 is 5.97 Å². The first-order chi connectivity index (χ1) is 8.16. The van der Waals surface area contributed by atoms with Gasteiger partial charge in [0.2, 0.25) is 5.76 Å². The average Bonchev–Trinajstić information content (AvgIpc) is 2.67. The lowest BCUT2D eigenvalue weighted by Gasteiger charge is -2.02. The molecule has 0 aliphatic rings. The van der Waals surface area contributed by atoms with Crippen molar-refractivity contribution in [1.82, 2.24) is 4.98 Å². The van der Waals surface area contributed by atoms with Gasteiger partial charge in [-0.3, -0.25) is 0 Å². The Morgan fingerprint density at radius 2 is 2.12 bits per heavy atom. The van der Waals surface area contributed by atoms with Gasteiger partial charge in [0.15, 0.2) is 0 Å². The molecule has 0 aliphatic carbocycles. The molecule has 0 saturated carbocycles. The molecule has 88 valence electrons. The van der Waals surface area contributed by atoms with Gasteiger partial charge in [-0.1, -0.05) is 30.3 Å². The fraction of sp³-hybridized carbons (Fsp3) is 0.167. The van der Waals surface area contributed by atoms with Gasteiger partial charge in [-0.15, -0.1) is 0 Å². The van der Waals surface area contributed by atoms with Crippen LogP contribution in [0.1, 0.15) is 21.8 Å². The van der Waals surface area contributed by atoms with Gasteiger partial charge in [0.05, 0.1) is 5.69 Å². The summed E-state index contributed by atoms with van der Waals surface area (Å²) >= 11 is 1.91. The van der Waals surface area contributed by atoms with E-state index in [9.17, 15) is 4.79 Å². The summed E-state index contributed by atoms with van der Waals surface area (Å²) in [6.07, 6.45) is 0. The summed E-state index contributed by atoms with van der Waals surface area (Å²) in [6.45, 7) is 1.95. The van der Waals surface area contributed by atoms with Crippen LogP contribution in [-0.4, -0.2) is 11.0 Å². The van der Waals surface area contributed by atoms with Crippen molar-refractivity contribution in [2.24, 2.45) is 0 Å². The highest BCUT2D eigenvalue weighted by Crippen LogP contribution is 2.14. The van der Waals surface area contributed by atoms with Crippen molar-refractivity contribution in [1.29, 1.82) is 0 Å². The van der Waals surface area contributed by atoms with E-state index in [0.29, 0.717) is 9.59 Å². The molecule has 0 saturated heterocycles. The molecule has 17 heavy (non-hydrogen) atoms. The summed E-state index contributed by atoms with van der Waals surface area (Å²) in [7, 11) is 0. The molecule has 0 amide bonds. The van der Waals surface area contributed by atoms with E-state index in [4.69, 9.17) is 9.15 Å². The van der Waals surface area contributed by atoms with Gasteiger partial charge in [0.1, 0.15) is 6.61 Å². The van der Waals surface area contributed by atoms with Crippen molar-refractivity contribution < 1.29 is 13.9 Å². The monoisotopic (exact) mass is 343 g/mol. The Labute approximate surface area is 112 Å². The Balaban J connectivity index is 2.01. The standard InChI is InChI=1S/C12H10INO3/c1-8-10(17-12(13)14-8)11(15)16-7-9-5-3-2-4-6-9/h2-6H,7H2,1H3. The maximum absolute atomic E-state index is 11.7. The highest BCUT2D eigenvalue weighted by Gasteiger charge is 2.17. The number of hydrogen-bond donors (Lipinski definition) is 0. The van der Waals surface area contributed by atoms with Crippen LogP contribution >= 0.6 is 22.6 Å². The minimum atomic E-state index is -0.484. The van der Waals surface area contributed by atoms with Gasteiger partial charge < -0.3 is 9.15 Å². The summed E-state index contributed by atoms with van der Waals surface area (Å²) in [6, 6.07) is 9.49. The largest absolute Gasteiger partial charge is 0.455 e. The molecule has 0 fully saturated rings. The third-order valence-corrected chi connectivity index (χ3v) is 2.63. The van der Waals surface area contributed by atoms with Crippen LogP contribution in [-0.2, 0) is 11.3 Å². The molecular weight excluding hydrogens is 333 g/mol. The number of carbonyl (C=O) groups is 1. The van der Waals surface area contributed by atoms with Crippen LogP contribution in [0, 0.1) is 10.8 Å². The van der Waals surface area contributed by atoms with Crippen LogP contribution in [0.15, 0.2) is 34.7 Å². The second-order valence-corrected chi connectivity index (χ2v) is 4.37. The lowest BCUT2D eigenvalue weighted by Crippen LogP contribution is -2.05. The Morgan fingerprint density at radius 1 is 1.41 bits per heavy atom. The van der Waals surface area contributed by atoms with Gasteiger partial charge in [0, 0.05) is 22.6 Å². The molecule has 2 aromatic rings. The van der Waals surface area contributed by atoms with Crippen molar-refractivity contribution in [2.75, 3.05) is 0 Å². The van der Waals surface area contributed by atoms with E-state index in [1.807, 2.05) is 52.9 Å². The highest BCUT2D eigenvalue weighted by atomic mass is 127. The van der Waals surface area contributed by atoms with E-state index in [0.717, 1.165) is 5.56 Å². The number of halogens is 1. The van der Waals surface area contributed by atoms with Crippen molar-refractivity contribution in [2.45, 2.75) is 13.5 Å². The molecule has 1 heterocycles. The quantitative estimate of drug-likeness (QED) is 0.635. The topological polar surface area (TPSA) is 52.3 Å². The zero-order valence-corrected chi connectivity index (χ0v) is 11.3. The summed E-state index contributed by atoms with van der Waals surface area (Å²) < 4.78 is 10.7. The number of aromatic nitrogens is 1. The van der Waals surface area contributed by atoms with Gasteiger partial charge in [-0.05, 0) is 12.5 Å². The Kier molecular flexibility index (Phi) is 3.78. The highest BCUT2D eigenvalue weighted by molar-refractivity contribution is 14.1. The molecule has 0 N–H and O–H groups in total. The second-order valence-electron chi connectivity index (χ2n) is 3.44. The van der Waals surface area contributed by atoms with E-state index in [1.165, 1.54) is 0 Å². The zero-order valence-electron chi connectivity index (χ0n) is 9.14. The lowest BCUT2D eigenvalue weighted by molar-refractivity contribution is 0.0433. The number of carbonyl (C=O) groups excluding carboxylic acids is 1. The summed E-state index contributed by atoms with van der Waals surface area (Å²) in [5, 5.41) is 0. The van der Waals surface area contributed by atoms with E-state index in [-0.39, 0.29) is 12.4 Å². The molecule has 4 nitrogen and oxygen atoms in total. The number of ether oxygens (including phenoxy) is 1. The number of benzene rings is 1. The van der Waals surface area contributed by atoms with Crippen LogP contribution in [0.2, 0.25) is 0 Å². The van der Waals surface area contributed by atoms with Gasteiger partial charge in [0.25, 0.3) is 3.90 Å². The number of nitrogens with zero attached hydrogens (tertiary/aromatic N) is 1. The molecule has 1 aromatic carbocycles. The SMILES string of the molecule is Cc1nc(I)oc1C(=O)OCc1ccccc1. The average molecular weight is 343 g/mol. The third-order valence-electron chi connectivity index (χ3n) is 2.17. The van der Waals surface area contributed by atoms with Crippen molar-refractivity contribution in [3.8, 4) is 0 Å². The molecule has 0 atom stereocenters. The first kappa shape index (κ1) is 12.1. The van der Waals surface area contributed by atoms with Crippen LogP contribution in [0.5, 0.6) is 0 Å². The predicted molar refractivity (Wildman–Crippen MR) is 69.5 cm³/mol. The fourth-order valence-corrected chi connectivity index (χ4v) is 1.92. The Morgan fingerprint density at radius 3 is 2.71 bits per heavy atom. The first-order valence-electron chi connectivity index (χ1n) is 5.01. The fourth-order valence-electron chi connectivity index (χ4n) is 1.34. The van der Waals surface area contributed by atoms with Gasteiger partial charge in [-0.2, -0.15) is 0 Å². The summed E-state index contributed by atoms with van der Waals surface area (Å²) in [5.41, 5.74) is 1.49. The molecular formula is C12H10INO3. The zero-order chi connectivity index (χ0) is 12.3. The maximum Gasteiger partial charge on any atom is 0.376 e. The number of oxazole rings is 1. The smallest absolute Gasteiger partial charge is 0.376 e. The van der Waals surface area contributed by atoms with Crippen LogP contribution in [0.25, 0.3) is 0 Å². The summed E-state index contributed by atoms with van der Waals surface area (Å²) in [5.74, 6) is -0.313. The Hall–Kier alpha value is -1.37. The van der Waals surface area contributed by atoms with Gasteiger partial charge in [-0.25, -0.2) is 9.78 Å². The molecule has 0 unspecified atom stereocenters. The first-order valence-corrected chi connectivity index (χ1v) is 6.08. The normalized spacial score (nSPS) is 10.2. The van der Waals surface area contributed by atoms with Crippen molar-refractivity contribution >= 4 is 28.6 Å². The molecule has 1 aromatic heterocycles. The van der Waals surface area contributed by atoms with Crippen LogP contribution in [0.4, 0.5) is 0 Å². The number of esters is 1. The van der Waals surface area contributed by atoms with E-state index in [2.05, 4.69) is 4.98 Å². The number of rotatable bonds is 3. The van der Waals surface area contributed by atoms with Gasteiger partial charge >= 0.3 is 5.97 Å². The van der Waals surface area contributed by atoms with Crippen molar-refractivity contribution in [3.05, 3.63) is 51.2 Å². The maximum atomic E-state index is 11.7. The predicted octanol–water partition coefficient (Wildman–Crippen LogP) is 2.94.